The Morgan fingerprint density at radius 2 is 2.36 bits per heavy atom. The molecule has 0 aliphatic carbocycles. The average Bonchev–Trinajstić information content (AvgIpc) is 2.12. The molecule has 0 aliphatic heterocycles. The summed E-state index contributed by atoms with van der Waals surface area (Å²) in [5.74, 6) is 0.561. The Morgan fingerprint density at radius 1 is 1.64 bits per heavy atom. The maximum Gasteiger partial charge on any atom is 0.152 e. The summed E-state index contributed by atoms with van der Waals surface area (Å²) >= 11 is 9.19. The van der Waals surface area contributed by atoms with E-state index in [-0.39, 0.29) is 0 Å². The fourth-order valence-electron chi connectivity index (χ4n) is 0.938. The number of azide groups is 1. The fourth-order valence-corrected chi connectivity index (χ4v) is 1.88. The van der Waals surface area contributed by atoms with Crippen LogP contribution in [-0.2, 0) is 0 Å². The van der Waals surface area contributed by atoms with Gasteiger partial charge in [0.15, 0.2) is 5.75 Å². The minimum absolute atomic E-state index is 0.420. The van der Waals surface area contributed by atoms with Gasteiger partial charge in [0.05, 0.1) is 16.1 Å². The summed E-state index contributed by atoms with van der Waals surface area (Å²) in [5.41, 5.74) is 8.69. The van der Waals surface area contributed by atoms with E-state index in [9.17, 15) is 0 Å². The van der Waals surface area contributed by atoms with Crippen LogP contribution in [0.25, 0.3) is 10.4 Å². The molecule has 0 N–H and O–H groups in total. The highest BCUT2D eigenvalue weighted by Gasteiger charge is 2.07. The second-order valence-electron chi connectivity index (χ2n) is 2.36. The van der Waals surface area contributed by atoms with Crippen LogP contribution in [-0.4, -0.2) is 6.61 Å². The third-order valence-corrected chi connectivity index (χ3v) is 2.30. The smallest absolute Gasteiger partial charge is 0.152 e. The van der Waals surface area contributed by atoms with Gasteiger partial charge in [0.1, 0.15) is 0 Å². The molecule has 14 heavy (non-hydrogen) atoms. The highest BCUT2D eigenvalue weighted by Crippen LogP contribution is 2.37. The molecular formula is C8H7BrClN3O. The van der Waals surface area contributed by atoms with E-state index in [4.69, 9.17) is 21.9 Å². The predicted molar refractivity (Wildman–Crippen MR) is 59.1 cm³/mol. The minimum atomic E-state index is 0.420. The lowest BCUT2D eigenvalue weighted by atomic mass is 10.3. The summed E-state index contributed by atoms with van der Waals surface area (Å²) in [4.78, 5) is 2.67. The van der Waals surface area contributed by atoms with E-state index in [0.717, 1.165) is 0 Å². The standard InChI is InChI=1S/C8H7BrClN3O/c1-2-14-8-6(9)3-5(12-13-11)4-7(8)10/h3-4H,2H2,1H3. The van der Waals surface area contributed by atoms with Crippen molar-refractivity contribution in [2.75, 3.05) is 6.61 Å². The van der Waals surface area contributed by atoms with Crippen LogP contribution in [0.3, 0.4) is 0 Å². The maximum atomic E-state index is 8.24. The number of ether oxygens (including phenoxy) is 1. The van der Waals surface area contributed by atoms with Crippen LogP contribution >= 0.6 is 27.5 Å². The molecule has 4 nitrogen and oxygen atoms in total. The molecule has 1 rings (SSSR count). The van der Waals surface area contributed by atoms with E-state index in [0.29, 0.717) is 27.5 Å². The van der Waals surface area contributed by atoms with Gasteiger partial charge >= 0.3 is 0 Å². The number of rotatable bonds is 3. The Labute approximate surface area is 94.6 Å². The van der Waals surface area contributed by atoms with Gasteiger partial charge in [0.2, 0.25) is 0 Å². The molecule has 6 heteroatoms. The highest BCUT2D eigenvalue weighted by molar-refractivity contribution is 9.10. The van der Waals surface area contributed by atoms with E-state index >= 15 is 0 Å². The molecule has 0 saturated heterocycles. The van der Waals surface area contributed by atoms with Gasteiger partial charge in [-0.2, -0.15) is 0 Å². The van der Waals surface area contributed by atoms with Crippen molar-refractivity contribution in [3.8, 4) is 5.75 Å². The minimum Gasteiger partial charge on any atom is -0.491 e. The largest absolute Gasteiger partial charge is 0.491 e. The third kappa shape index (κ3) is 2.54. The number of nitrogens with zero attached hydrogens (tertiary/aromatic N) is 3. The van der Waals surface area contributed by atoms with Gasteiger partial charge in [-0.25, -0.2) is 0 Å². The Morgan fingerprint density at radius 3 is 2.86 bits per heavy atom. The zero-order chi connectivity index (χ0) is 10.6. The van der Waals surface area contributed by atoms with Crippen molar-refractivity contribution in [2.45, 2.75) is 6.92 Å². The molecule has 0 aliphatic rings. The van der Waals surface area contributed by atoms with E-state index in [2.05, 4.69) is 26.0 Å². The van der Waals surface area contributed by atoms with Gasteiger partial charge in [0, 0.05) is 10.6 Å². The van der Waals surface area contributed by atoms with Crippen LogP contribution in [0.2, 0.25) is 5.02 Å². The molecule has 0 saturated carbocycles. The molecule has 0 radical (unpaired) electrons. The topological polar surface area (TPSA) is 58.0 Å². The molecule has 0 fully saturated rings. The third-order valence-electron chi connectivity index (χ3n) is 1.43. The Balaban J connectivity index is 3.17. The van der Waals surface area contributed by atoms with Gasteiger partial charge in [-0.05, 0) is 40.5 Å². The molecule has 0 amide bonds. The van der Waals surface area contributed by atoms with Gasteiger partial charge in [0.25, 0.3) is 0 Å². The second kappa shape index (κ2) is 5.10. The van der Waals surface area contributed by atoms with Crippen molar-refractivity contribution >= 4 is 33.2 Å². The zero-order valence-corrected chi connectivity index (χ0v) is 9.71. The summed E-state index contributed by atoms with van der Waals surface area (Å²) in [6.45, 7) is 2.39. The second-order valence-corrected chi connectivity index (χ2v) is 3.62. The summed E-state index contributed by atoms with van der Waals surface area (Å²) in [6.07, 6.45) is 0. The van der Waals surface area contributed by atoms with Crippen LogP contribution in [0, 0.1) is 0 Å². The number of hydrogen-bond acceptors (Lipinski definition) is 2. The zero-order valence-electron chi connectivity index (χ0n) is 7.37. The van der Waals surface area contributed by atoms with Crippen molar-refractivity contribution in [2.24, 2.45) is 5.11 Å². The molecule has 1 aromatic rings. The van der Waals surface area contributed by atoms with E-state index < -0.39 is 0 Å². The molecule has 0 heterocycles. The summed E-state index contributed by atoms with van der Waals surface area (Å²) in [6, 6.07) is 3.20. The van der Waals surface area contributed by atoms with Crippen molar-refractivity contribution in [3.05, 3.63) is 32.1 Å². The van der Waals surface area contributed by atoms with E-state index in [1.807, 2.05) is 6.92 Å². The molecule has 1 aromatic carbocycles. The lowest BCUT2D eigenvalue weighted by molar-refractivity contribution is 0.338. The maximum absolute atomic E-state index is 8.24. The van der Waals surface area contributed by atoms with Crippen molar-refractivity contribution < 1.29 is 4.74 Å². The first-order chi connectivity index (χ1) is 6.69. The number of benzene rings is 1. The molecule has 0 atom stereocenters. The number of halogens is 2. The van der Waals surface area contributed by atoms with E-state index in [1.54, 1.807) is 12.1 Å². The molecule has 0 aromatic heterocycles. The Bertz CT molecular complexity index is 367. The normalized spacial score (nSPS) is 9.36. The van der Waals surface area contributed by atoms with Crippen LogP contribution < -0.4 is 4.74 Å². The van der Waals surface area contributed by atoms with Crippen LogP contribution in [0.4, 0.5) is 5.69 Å². The van der Waals surface area contributed by atoms with Crippen molar-refractivity contribution in [1.29, 1.82) is 0 Å². The van der Waals surface area contributed by atoms with Crippen LogP contribution in [0.15, 0.2) is 21.7 Å². The molecule has 0 bridgehead atoms. The average molecular weight is 277 g/mol. The fraction of sp³-hybridized carbons (Fsp3) is 0.250. The molecule has 0 spiro atoms. The lowest BCUT2D eigenvalue weighted by Crippen LogP contribution is -1.92. The van der Waals surface area contributed by atoms with Crippen LogP contribution in [0.5, 0.6) is 5.75 Å². The van der Waals surface area contributed by atoms with Crippen LogP contribution in [0.1, 0.15) is 6.92 Å². The SMILES string of the molecule is CCOc1c(Cl)cc(N=[N+]=[N-])cc1Br. The van der Waals surface area contributed by atoms with E-state index in [1.165, 1.54) is 0 Å². The predicted octanol–water partition coefficient (Wildman–Crippen LogP) is 4.44. The summed E-state index contributed by atoms with van der Waals surface area (Å²) in [7, 11) is 0. The molecule has 0 unspecified atom stereocenters. The summed E-state index contributed by atoms with van der Waals surface area (Å²) < 4.78 is 5.96. The van der Waals surface area contributed by atoms with Gasteiger partial charge in [-0.3, -0.25) is 0 Å². The quantitative estimate of drug-likeness (QED) is 0.457. The Kier molecular flexibility index (Phi) is 4.07. The summed E-state index contributed by atoms with van der Waals surface area (Å²) in [5, 5.41) is 3.86. The van der Waals surface area contributed by atoms with Gasteiger partial charge in [-0.1, -0.05) is 16.7 Å². The first-order valence-corrected chi connectivity index (χ1v) is 5.03. The monoisotopic (exact) mass is 275 g/mol. The lowest BCUT2D eigenvalue weighted by Gasteiger charge is -2.08. The first-order valence-electron chi connectivity index (χ1n) is 3.86. The van der Waals surface area contributed by atoms with Gasteiger partial charge in [-0.15, -0.1) is 0 Å². The molecule has 74 valence electrons. The number of hydrogen-bond donors (Lipinski definition) is 0. The van der Waals surface area contributed by atoms with Crippen molar-refractivity contribution in [1.82, 2.24) is 0 Å². The van der Waals surface area contributed by atoms with Crippen molar-refractivity contribution in [3.63, 3.8) is 0 Å². The highest BCUT2D eigenvalue weighted by atomic mass is 79.9. The molecular weight excluding hydrogens is 269 g/mol. The first kappa shape index (κ1) is 11.2. The Hall–Kier alpha value is -0.900. The van der Waals surface area contributed by atoms with Gasteiger partial charge < -0.3 is 4.74 Å².